The number of carboxylic acids is 1. The smallest absolute Gasteiger partial charge is 0.313 e. The highest BCUT2D eigenvalue weighted by molar-refractivity contribution is 7.99. The van der Waals surface area contributed by atoms with Gasteiger partial charge in [-0.15, -0.1) is 11.8 Å². The molecule has 4 nitrogen and oxygen atoms in total. The van der Waals surface area contributed by atoms with Crippen molar-refractivity contribution in [3.05, 3.63) is 29.1 Å². The molecule has 0 saturated heterocycles. The normalized spacial score (nSPS) is 10.8. The molecule has 0 atom stereocenters. The Labute approximate surface area is 101 Å². The van der Waals surface area contributed by atoms with E-state index >= 15 is 0 Å². The molecule has 16 heavy (non-hydrogen) atoms. The Kier molecular flexibility index (Phi) is 3.36. The quantitative estimate of drug-likeness (QED) is 0.912. The highest BCUT2D eigenvalue weighted by Crippen LogP contribution is 2.22. The van der Waals surface area contributed by atoms with Crippen molar-refractivity contribution in [2.75, 3.05) is 5.75 Å². The van der Waals surface area contributed by atoms with Crippen LogP contribution in [0.2, 0.25) is 5.02 Å². The molecule has 2 rings (SSSR count). The van der Waals surface area contributed by atoms with Crippen LogP contribution in [0.1, 0.15) is 5.89 Å². The fourth-order valence-corrected chi connectivity index (χ4v) is 1.97. The van der Waals surface area contributed by atoms with Crippen LogP contribution < -0.4 is 0 Å². The van der Waals surface area contributed by atoms with E-state index in [1.54, 1.807) is 18.2 Å². The first-order chi connectivity index (χ1) is 7.65. The number of hydrogen-bond donors (Lipinski definition) is 1. The van der Waals surface area contributed by atoms with E-state index in [1.165, 1.54) is 11.8 Å². The molecule has 0 aliphatic rings. The molecule has 1 aromatic carbocycles. The molecule has 0 aliphatic heterocycles. The molecule has 0 fully saturated rings. The molecule has 0 unspecified atom stereocenters. The average molecular weight is 258 g/mol. The van der Waals surface area contributed by atoms with E-state index < -0.39 is 5.97 Å². The van der Waals surface area contributed by atoms with E-state index in [1.807, 2.05) is 0 Å². The fourth-order valence-electron chi connectivity index (χ4n) is 1.23. The molecular weight excluding hydrogens is 250 g/mol. The van der Waals surface area contributed by atoms with Gasteiger partial charge in [0.05, 0.1) is 11.5 Å². The maximum Gasteiger partial charge on any atom is 0.313 e. The van der Waals surface area contributed by atoms with Crippen molar-refractivity contribution in [3.63, 3.8) is 0 Å². The lowest BCUT2D eigenvalue weighted by Gasteiger charge is -1.91. The summed E-state index contributed by atoms with van der Waals surface area (Å²) in [5.41, 5.74) is 1.36. The number of carboxylic acid groups (broad SMARTS) is 1. The zero-order valence-electron chi connectivity index (χ0n) is 8.14. The van der Waals surface area contributed by atoms with Gasteiger partial charge in [0.1, 0.15) is 5.52 Å². The fraction of sp³-hybridized carbons (Fsp3) is 0.200. The van der Waals surface area contributed by atoms with Gasteiger partial charge in [-0.25, -0.2) is 4.98 Å². The third-order valence-electron chi connectivity index (χ3n) is 1.85. The highest BCUT2D eigenvalue weighted by atomic mass is 35.5. The van der Waals surface area contributed by atoms with Crippen molar-refractivity contribution in [1.82, 2.24) is 4.98 Å². The number of fused-ring (bicyclic) bond motifs is 1. The third-order valence-corrected chi connectivity index (χ3v) is 2.98. The Hall–Kier alpha value is -1.20. The van der Waals surface area contributed by atoms with Crippen LogP contribution in [-0.2, 0) is 10.5 Å². The number of rotatable bonds is 4. The third kappa shape index (κ3) is 2.68. The standard InChI is InChI=1S/C10H8ClNO3S/c11-6-1-2-7-8(3-6)15-9(12-7)4-16-5-10(13)14/h1-3H,4-5H2,(H,13,14). The number of nitrogens with zero attached hydrogens (tertiary/aromatic N) is 1. The maximum atomic E-state index is 10.3. The number of thioether (sulfide) groups is 1. The van der Waals surface area contributed by atoms with Gasteiger partial charge in [-0.1, -0.05) is 11.6 Å². The van der Waals surface area contributed by atoms with E-state index in [4.69, 9.17) is 21.1 Å². The summed E-state index contributed by atoms with van der Waals surface area (Å²) in [7, 11) is 0. The number of aromatic nitrogens is 1. The number of oxazole rings is 1. The molecule has 0 bridgehead atoms. The van der Waals surface area contributed by atoms with Crippen molar-refractivity contribution >= 4 is 40.4 Å². The molecule has 0 radical (unpaired) electrons. The van der Waals surface area contributed by atoms with Crippen molar-refractivity contribution in [3.8, 4) is 0 Å². The van der Waals surface area contributed by atoms with Crippen molar-refractivity contribution in [1.29, 1.82) is 0 Å². The monoisotopic (exact) mass is 257 g/mol. The number of hydrogen-bond acceptors (Lipinski definition) is 4. The Balaban J connectivity index is 2.10. The lowest BCUT2D eigenvalue weighted by molar-refractivity contribution is -0.133. The van der Waals surface area contributed by atoms with Crippen LogP contribution in [-0.4, -0.2) is 21.8 Å². The topological polar surface area (TPSA) is 63.3 Å². The first kappa shape index (κ1) is 11.3. The van der Waals surface area contributed by atoms with Crippen molar-refractivity contribution in [2.24, 2.45) is 0 Å². The van der Waals surface area contributed by atoms with Gasteiger partial charge in [0, 0.05) is 11.1 Å². The van der Waals surface area contributed by atoms with Gasteiger partial charge in [-0.05, 0) is 12.1 Å². The van der Waals surface area contributed by atoms with Gasteiger partial charge in [-0.3, -0.25) is 4.79 Å². The maximum absolute atomic E-state index is 10.3. The Morgan fingerprint density at radius 3 is 3.12 bits per heavy atom. The minimum absolute atomic E-state index is 0.0412. The SMILES string of the molecule is O=C(O)CSCc1nc2ccc(Cl)cc2o1. The summed E-state index contributed by atoms with van der Waals surface area (Å²) in [5, 5.41) is 9.07. The lowest BCUT2D eigenvalue weighted by Crippen LogP contribution is -1.98. The first-order valence-corrected chi connectivity index (χ1v) is 6.03. The highest BCUT2D eigenvalue weighted by Gasteiger charge is 2.07. The van der Waals surface area contributed by atoms with Crippen LogP contribution in [0.3, 0.4) is 0 Å². The summed E-state index contributed by atoms with van der Waals surface area (Å²) in [6.45, 7) is 0. The molecule has 1 aromatic heterocycles. The Bertz CT molecular complexity index is 526. The molecule has 6 heteroatoms. The molecule has 1 N–H and O–H groups in total. The van der Waals surface area contributed by atoms with Gasteiger partial charge in [-0.2, -0.15) is 0 Å². The van der Waals surface area contributed by atoms with Gasteiger partial charge in [0.2, 0.25) is 5.89 Å². The molecule has 0 spiro atoms. The molecule has 1 heterocycles. The van der Waals surface area contributed by atoms with Crippen LogP contribution in [0.4, 0.5) is 0 Å². The van der Waals surface area contributed by atoms with Gasteiger partial charge in [0.15, 0.2) is 5.58 Å². The molecule has 2 aromatic rings. The number of carbonyl (C=O) groups is 1. The largest absolute Gasteiger partial charge is 0.481 e. The predicted octanol–water partition coefficient (Wildman–Crippen LogP) is 2.80. The van der Waals surface area contributed by atoms with E-state index in [-0.39, 0.29) is 5.75 Å². The van der Waals surface area contributed by atoms with Crippen LogP contribution in [0.25, 0.3) is 11.1 Å². The summed E-state index contributed by atoms with van der Waals surface area (Å²) in [5.74, 6) is 0.158. The van der Waals surface area contributed by atoms with Crippen LogP contribution in [0.15, 0.2) is 22.6 Å². The number of halogens is 1. The molecule has 0 amide bonds. The number of aliphatic carboxylic acids is 1. The second-order valence-electron chi connectivity index (χ2n) is 3.11. The zero-order chi connectivity index (χ0) is 11.5. The van der Waals surface area contributed by atoms with Gasteiger partial charge >= 0.3 is 5.97 Å². The van der Waals surface area contributed by atoms with Crippen LogP contribution >= 0.6 is 23.4 Å². The zero-order valence-corrected chi connectivity index (χ0v) is 9.72. The van der Waals surface area contributed by atoms with Crippen molar-refractivity contribution in [2.45, 2.75) is 5.75 Å². The van der Waals surface area contributed by atoms with Gasteiger partial charge < -0.3 is 9.52 Å². The summed E-state index contributed by atoms with van der Waals surface area (Å²) >= 11 is 7.05. The second-order valence-corrected chi connectivity index (χ2v) is 4.53. The minimum atomic E-state index is -0.843. The molecule has 0 saturated carbocycles. The molecular formula is C10H8ClNO3S. The molecule has 84 valence electrons. The summed E-state index contributed by atoms with van der Waals surface area (Å²) < 4.78 is 5.42. The predicted molar refractivity (Wildman–Crippen MR) is 62.8 cm³/mol. The van der Waals surface area contributed by atoms with Crippen LogP contribution in [0.5, 0.6) is 0 Å². The van der Waals surface area contributed by atoms with E-state index in [2.05, 4.69) is 4.98 Å². The Morgan fingerprint density at radius 2 is 2.38 bits per heavy atom. The minimum Gasteiger partial charge on any atom is -0.481 e. The van der Waals surface area contributed by atoms with Crippen molar-refractivity contribution < 1.29 is 14.3 Å². The van der Waals surface area contributed by atoms with Crippen LogP contribution in [0, 0.1) is 0 Å². The summed E-state index contributed by atoms with van der Waals surface area (Å²) in [4.78, 5) is 14.5. The second kappa shape index (κ2) is 4.76. The van der Waals surface area contributed by atoms with E-state index in [0.29, 0.717) is 22.2 Å². The van der Waals surface area contributed by atoms with Gasteiger partial charge in [0.25, 0.3) is 0 Å². The lowest BCUT2D eigenvalue weighted by atomic mass is 10.3. The first-order valence-electron chi connectivity index (χ1n) is 4.49. The molecule has 0 aliphatic carbocycles. The van der Waals surface area contributed by atoms with E-state index in [0.717, 1.165) is 5.52 Å². The number of benzene rings is 1. The van der Waals surface area contributed by atoms with E-state index in [9.17, 15) is 4.79 Å². The summed E-state index contributed by atoms with van der Waals surface area (Å²) in [6, 6.07) is 5.20. The average Bonchev–Trinajstić information content (AvgIpc) is 2.58. The Morgan fingerprint density at radius 1 is 1.56 bits per heavy atom. The summed E-state index contributed by atoms with van der Waals surface area (Å²) in [6.07, 6.45) is 0.